The molecule has 2 amide bonds. The summed E-state index contributed by atoms with van der Waals surface area (Å²) < 4.78 is 6.74. The zero-order valence-electron chi connectivity index (χ0n) is 18.6. The molecule has 7 heteroatoms. The molecule has 0 fully saturated rings. The van der Waals surface area contributed by atoms with Crippen LogP contribution < -0.4 is 10.6 Å². The lowest BCUT2D eigenvalue weighted by Crippen LogP contribution is -2.33. The Morgan fingerprint density at radius 2 is 1.84 bits per heavy atom. The van der Waals surface area contributed by atoms with Gasteiger partial charge in [-0.05, 0) is 48.6 Å². The molecule has 0 unspecified atom stereocenters. The fourth-order valence-corrected chi connectivity index (χ4v) is 3.76. The van der Waals surface area contributed by atoms with Gasteiger partial charge >= 0.3 is 0 Å². The molecule has 1 heterocycles. The maximum Gasteiger partial charge on any atom is 0.243 e. The third-order valence-electron chi connectivity index (χ3n) is 4.91. The normalized spacial score (nSPS) is 10.9. The number of hydrogen-bond donors (Lipinski definition) is 2. The van der Waals surface area contributed by atoms with Crippen molar-refractivity contribution in [2.75, 3.05) is 11.9 Å². The lowest BCUT2D eigenvalue weighted by Gasteiger charge is -2.09. The van der Waals surface area contributed by atoms with Gasteiger partial charge in [-0.1, -0.05) is 54.0 Å². The van der Waals surface area contributed by atoms with Crippen LogP contribution >= 0.6 is 15.9 Å². The summed E-state index contributed by atoms with van der Waals surface area (Å²) >= 11 is 3.39. The Bertz CT molecular complexity index is 1070. The molecule has 0 spiro atoms. The van der Waals surface area contributed by atoms with Crippen LogP contribution in [-0.4, -0.2) is 23.3 Å². The molecule has 0 aliphatic carbocycles. The van der Waals surface area contributed by atoms with Gasteiger partial charge in [-0.3, -0.25) is 9.59 Å². The first-order chi connectivity index (χ1) is 15.3. The van der Waals surface area contributed by atoms with E-state index < -0.39 is 0 Å². The third kappa shape index (κ3) is 7.05. The second kappa shape index (κ2) is 11.1. The molecule has 0 saturated carbocycles. The highest BCUT2D eigenvalue weighted by Gasteiger charge is 2.11. The predicted molar refractivity (Wildman–Crippen MR) is 129 cm³/mol. The number of aryl methyl sites for hydroxylation is 2. The van der Waals surface area contributed by atoms with E-state index in [9.17, 15) is 9.59 Å². The fourth-order valence-electron chi connectivity index (χ4n) is 3.29. The molecule has 1 aromatic heterocycles. The quantitative estimate of drug-likeness (QED) is 0.420. The Hall–Kier alpha value is -2.93. The van der Waals surface area contributed by atoms with Crippen molar-refractivity contribution in [2.45, 2.75) is 40.0 Å². The summed E-state index contributed by atoms with van der Waals surface area (Å²) in [5, 5.41) is 5.43. The Labute approximate surface area is 196 Å². The van der Waals surface area contributed by atoms with Crippen LogP contribution in [0.5, 0.6) is 0 Å². The number of amides is 2. The molecule has 32 heavy (non-hydrogen) atoms. The number of anilines is 1. The van der Waals surface area contributed by atoms with Crippen molar-refractivity contribution in [1.29, 1.82) is 0 Å². The number of hydrogen-bond acceptors (Lipinski definition) is 4. The molecule has 0 bridgehead atoms. The van der Waals surface area contributed by atoms with E-state index in [0.717, 1.165) is 27.7 Å². The first kappa shape index (κ1) is 23.7. The molecule has 0 radical (unpaired) electrons. The number of aromatic nitrogens is 1. The van der Waals surface area contributed by atoms with Gasteiger partial charge in [-0.15, -0.1) is 0 Å². The standard InChI is InChI=1S/C25H28BrN3O3/c1-16(2)12-18-4-6-19(7-5-18)22-14-28-25(32-22)11-10-23(30)27-15-24(31)29-21-9-8-20(26)13-17(21)3/h4-9,13-14,16H,10-12,15H2,1-3H3,(H,27,30)(H,29,31). The molecule has 0 saturated heterocycles. The summed E-state index contributed by atoms with van der Waals surface area (Å²) in [4.78, 5) is 28.5. The van der Waals surface area contributed by atoms with Crippen molar-refractivity contribution in [3.8, 4) is 11.3 Å². The maximum absolute atomic E-state index is 12.1. The molecule has 0 aliphatic heterocycles. The third-order valence-corrected chi connectivity index (χ3v) is 5.40. The zero-order valence-corrected chi connectivity index (χ0v) is 20.2. The summed E-state index contributed by atoms with van der Waals surface area (Å²) in [6, 6.07) is 13.8. The number of oxazole rings is 1. The van der Waals surface area contributed by atoms with E-state index in [-0.39, 0.29) is 24.8 Å². The van der Waals surface area contributed by atoms with Crippen molar-refractivity contribution < 1.29 is 14.0 Å². The number of nitrogens with one attached hydrogen (secondary N) is 2. The Morgan fingerprint density at radius 3 is 2.53 bits per heavy atom. The van der Waals surface area contributed by atoms with E-state index in [2.05, 4.69) is 57.5 Å². The number of benzene rings is 2. The van der Waals surface area contributed by atoms with E-state index in [4.69, 9.17) is 4.42 Å². The van der Waals surface area contributed by atoms with Crippen molar-refractivity contribution >= 4 is 33.4 Å². The molecule has 0 aliphatic rings. The number of rotatable bonds is 9. The smallest absolute Gasteiger partial charge is 0.243 e. The molecule has 6 nitrogen and oxygen atoms in total. The molecular formula is C25H28BrN3O3. The lowest BCUT2D eigenvalue weighted by molar-refractivity contribution is -0.124. The van der Waals surface area contributed by atoms with Gasteiger partial charge in [-0.25, -0.2) is 4.98 Å². The summed E-state index contributed by atoms with van der Waals surface area (Å²) in [5.74, 6) is 1.28. The van der Waals surface area contributed by atoms with Crippen LogP contribution in [0.15, 0.2) is 57.6 Å². The van der Waals surface area contributed by atoms with Crippen molar-refractivity contribution in [3.05, 3.63) is 70.2 Å². The molecule has 0 atom stereocenters. The second-order valence-corrected chi connectivity index (χ2v) is 9.11. The molecule has 3 rings (SSSR count). The first-order valence-corrected chi connectivity index (χ1v) is 11.5. The number of carbonyl (C=O) groups excluding carboxylic acids is 2. The summed E-state index contributed by atoms with van der Waals surface area (Å²) in [7, 11) is 0. The highest BCUT2D eigenvalue weighted by molar-refractivity contribution is 9.10. The van der Waals surface area contributed by atoms with Gasteiger partial charge in [0.05, 0.1) is 12.7 Å². The average Bonchev–Trinajstić information content (AvgIpc) is 3.22. The molecule has 168 valence electrons. The number of nitrogens with zero attached hydrogens (tertiary/aromatic N) is 1. The maximum atomic E-state index is 12.1. The summed E-state index contributed by atoms with van der Waals surface area (Å²) in [6.45, 7) is 6.21. The van der Waals surface area contributed by atoms with Crippen LogP contribution in [0.25, 0.3) is 11.3 Å². The Morgan fingerprint density at radius 1 is 1.09 bits per heavy atom. The number of carbonyl (C=O) groups is 2. The van der Waals surface area contributed by atoms with Gasteiger partial charge in [-0.2, -0.15) is 0 Å². The van der Waals surface area contributed by atoms with Crippen molar-refractivity contribution in [2.24, 2.45) is 5.92 Å². The van der Waals surface area contributed by atoms with Crippen LogP contribution in [0.3, 0.4) is 0 Å². The molecule has 2 N–H and O–H groups in total. The van der Waals surface area contributed by atoms with Crippen LogP contribution in [0.2, 0.25) is 0 Å². The highest BCUT2D eigenvalue weighted by atomic mass is 79.9. The van der Waals surface area contributed by atoms with E-state index in [1.165, 1.54) is 5.56 Å². The van der Waals surface area contributed by atoms with Gasteiger partial charge in [0.1, 0.15) is 0 Å². The van der Waals surface area contributed by atoms with E-state index >= 15 is 0 Å². The minimum Gasteiger partial charge on any atom is -0.441 e. The monoisotopic (exact) mass is 497 g/mol. The van der Waals surface area contributed by atoms with Crippen LogP contribution in [0.4, 0.5) is 5.69 Å². The Balaban J connectivity index is 1.44. The van der Waals surface area contributed by atoms with E-state index in [1.54, 1.807) is 6.20 Å². The zero-order chi connectivity index (χ0) is 23.1. The average molecular weight is 498 g/mol. The minimum absolute atomic E-state index is 0.0894. The van der Waals surface area contributed by atoms with Crippen LogP contribution in [0, 0.1) is 12.8 Å². The van der Waals surface area contributed by atoms with Crippen molar-refractivity contribution in [3.63, 3.8) is 0 Å². The van der Waals surface area contributed by atoms with Crippen LogP contribution in [-0.2, 0) is 22.4 Å². The molecule has 2 aromatic carbocycles. The van der Waals surface area contributed by atoms with Gasteiger partial charge < -0.3 is 15.1 Å². The van der Waals surface area contributed by atoms with Crippen LogP contribution in [0.1, 0.15) is 37.3 Å². The van der Waals surface area contributed by atoms with Gasteiger partial charge in [0.15, 0.2) is 11.7 Å². The molecule has 3 aromatic rings. The van der Waals surface area contributed by atoms with Gasteiger partial charge in [0.2, 0.25) is 11.8 Å². The minimum atomic E-state index is -0.275. The van der Waals surface area contributed by atoms with Gasteiger partial charge in [0, 0.05) is 28.6 Å². The molecular weight excluding hydrogens is 470 g/mol. The summed E-state index contributed by atoms with van der Waals surface area (Å²) in [5.41, 5.74) is 3.91. The Kier molecular flexibility index (Phi) is 8.22. The summed E-state index contributed by atoms with van der Waals surface area (Å²) in [6.07, 6.45) is 3.28. The highest BCUT2D eigenvalue weighted by Crippen LogP contribution is 2.22. The van der Waals surface area contributed by atoms with E-state index in [1.807, 2.05) is 37.3 Å². The SMILES string of the molecule is Cc1cc(Br)ccc1NC(=O)CNC(=O)CCc1ncc(-c2ccc(CC(C)C)cc2)o1. The van der Waals surface area contributed by atoms with Gasteiger partial charge in [0.25, 0.3) is 0 Å². The van der Waals surface area contributed by atoms with Crippen molar-refractivity contribution in [1.82, 2.24) is 10.3 Å². The number of halogens is 1. The lowest BCUT2D eigenvalue weighted by atomic mass is 10.0. The largest absolute Gasteiger partial charge is 0.441 e. The predicted octanol–water partition coefficient (Wildman–Crippen LogP) is 5.30. The van der Waals surface area contributed by atoms with E-state index in [0.29, 0.717) is 24.0 Å². The second-order valence-electron chi connectivity index (χ2n) is 8.20. The first-order valence-electron chi connectivity index (χ1n) is 10.7. The topological polar surface area (TPSA) is 84.2 Å². The fraction of sp³-hybridized carbons (Fsp3) is 0.320.